The van der Waals surface area contributed by atoms with E-state index in [0.717, 1.165) is 16.6 Å². The van der Waals surface area contributed by atoms with Crippen LogP contribution >= 0.6 is 15.9 Å². The number of carbonyl (C=O) groups excluding carboxylic acids is 1. The summed E-state index contributed by atoms with van der Waals surface area (Å²) >= 11 is 3.28. The molecule has 0 saturated heterocycles. The Morgan fingerprint density at radius 1 is 1.05 bits per heavy atom. The van der Waals surface area contributed by atoms with Crippen LogP contribution in [0.25, 0.3) is 0 Å². The highest BCUT2D eigenvalue weighted by Gasteiger charge is 2.30. The Hall–Kier alpha value is -2.02. The normalized spacial score (nSPS) is 11.1. The van der Waals surface area contributed by atoms with Crippen LogP contribution in [0.15, 0.2) is 53.0 Å². The molecule has 116 valence electrons. The predicted octanol–water partition coefficient (Wildman–Crippen LogP) is 4.52. The molecule has 2 aromatic rings. The molecule has 0 spiro atoms. The monoisotopic (exact) mass is 372 g/mol. The molecular weight excluding hydrogens is 361 g/mol. The molecule has 3 nitrogen and oxygen atoms in total. The van der Waals surface area contributed by atoms with Crippen LogP contribution in [0.4, 0.5) is 24.5 Å². The first-order chi connectivity index (χ1) is 10.3. The van der Waals surface area contributed by atoms with Crippen molar-refractivity contribution in [2.45, 2.75) is 6.18 Å². The molecule has 0 radical (unpaired) electrons. The first-order valence-electron chi connectivity index (χ1n) is 6.31. The Morgan fingerprint density at radius 2 is 1.73 bits per heavy atom. The maximum absolute atomic E-state index is 12.6. The zero-order valence-electron chi connectivity index (χ0n) is 11.2. The molecule has 0 aliphatic heterocycles. The highest BCUT2D eigenvalue weighted by Crippen LogP contribution is 2.30. The van der Waals surface area contributed by atoms with Crippen LogP contribution in [0.2, 0.25) is 0 Å². The molecule has 0 atom stereocenters. The molecule has 22 heavy (non-hydrogen) atoms. The van der Waals surface area contributed by atoms with E-state index in [1.165, 1.54) is 12.1 Å². The minimum atomic E-state index is -4.41. The maximum atomic E-state index is 12.6. The number of amides is 1. The molecule has 0 saturated carbocycles. The summed E-state index contributed by atoms with van der Waals surface area (Å²) in [6.45, 7) is -0.128. The lowest BCUT2D eigenvalue weighted by Crippen LogP contribution is -2.21. The Kier molecular flexibility index (Phi) is 5.07. The summed E-state index contributed by atoms with van der Waals surface area (Å²) in [6.07, 6.45) is -4.41. The highest BCUT2D eigenvalue weighted by molar-refractivity contribution is 9.10. The predicted molar refractivity (Wildman–Crippen MR) is 82.7 cm³/mol. The minimum Gasteiger partial charge on any atom is -0.376 e. The Bertz CT molecular complexity index is 657. The number of carbonyl (C=O) groups is 1. The first kappa shape index (κ1) is 16.4. The van der Waals surface area contributed by atoms with Gasteiger partial charge in [-0.05, 0) is 42.5 Å². The number of rotatable bonds is 4. The van der Waals surface area contributed by atoms with Gasteiger partial charge in [0.2, 0.25) is 5.91 Å². The zero-order chi connectivity index (χ0) is 16.2. The van der Waals surface area contributed by atoms with E-state index >= 15 is 0 Å². The standard InChI is InChI=1S/C15H12BrF3N2O/c16-11-4-6-12(7-5-11)21-14(22)9-20-13-3-1-2-10(8-13)15(17,18)19/h1-8,20H,9H2,(H,21,22). The summed E-state index contributed by atoms with van der Waals surface area (Å²) < 4.78 is 38.6. The van der Waals surface area contributed by atoms with Gasteiger partial charge in [0.25, 0.3) is 0 Å². The molecule has 2 aromatic carbocycles. The topological polar surface area (TPSA) is 41.1 Å². The number of hydrogen-bond acceptors (Lipinski definition) is 2. The summed E-state index contributed by atoms with van der Waals surface area (Å²) in [7, 11) is 0. The van der Waals surface area contributed by atoms with E-state index in [2.05, 4.69) is 26.6 Å². The molecule has 0 heterocycles. The van der Waals surface area contributed by atoms with E-state index in [-0.39, 0.29) is 18.1 Å². The molecular formula is C15H12BrF3N2O. The van der Waals surface area contributed by atoms with E-state index in [0.29, 0.717) is 5.69 Å². The van der Waals surface area contributed by atoms with E-state index in [1.54, 1.807) is 24.3 Å². The van der Waals surface area contributed by atoms with Crippen molar-refractivity contribution in [3.05, 3.63) is 58.6 Å². The van der Waals surface area contributed by atoms with Gasteiger partial charge in [-0.1, -0.05) is 22.0 Å². The van der Waals surface area contributed by atoms with Crippen molar-refractivity contribution in [3.8, 4) is 0 Å². The number of nitrogens with one attached hydrogen (secondary N) is 2. The summed E-state index contributed by atoms with van der Waals surface area (Å²) in [5.74, 6) is -0.347. The lowest BCUT2D eigenvalue weighted by Gasteiger charge is -2.11. The van der Waals surface area contributed by atoms with Gasteiger partial charge in [0.05, 0.1) is 12.1 Å². The molecule has 2 N–H and O–H groups in total. The van der Waals surface area contributed by atoms with E-state index in [9.17, 15) is 18.0 Å². The third kappa shape index (κ3) is 4.77. The fourth-order valence-electron chi connectivity index (χ4n) is 1.73. The van der Waals surface area contributed by atoms with Gasteiger partial charge in [0.15, 0.2) is 0 Å². The largest absolute Gasteiger partial charge is 0.416 e. The third-order valence-electron chi connectivity index (χ3n) is 2.77. The van der Waals surface area contributed by atoms with E-state index in [4.69, 9.17) is 0 Å². The molecule has 1 amide bonds. The fraction of sp³-hybridized carbons (Fsp3) is 0.133. The number of halogens is 4. The molecule has 7 heteroatoms. The Morgan fingerprint density at radius 3 is 2.36 bits per heavy atom. The number of alkyl halides is 3. The van der Waals surface area contributed by atoms with Crippen molar-refractivity contribution in [2.75, 3.05) is 17.2 Å². The summed E-state index contributed by atoms with van der Waals surface area (Å²) in [4.78, 5) is 11.7. The second kappa shape index (κ2) is 6.83. The van der Waals surface area contributed by atoms with E-state index in [1.807, 2.05) is 0 Å². The fourth-order valence-corrected chi connectivity index (χ4v) is 1.99. The van der Waals surface area contributed by atoms with E-state index < -0.39 is 11.7 Å². The van der Waals surface area contributed by atoms with Gasteiger partial charge in [-0.2, -0.15) is 13.2 Å². The summed E-state index contributed by atoms with van der Waals surface area (Å²) in [5, 5.41) is 5.31. The van der Waals surface area contributed by atoms with Crippen molar-refractivity contribution >= 4 is 33.2 Å². The van der Waals surface area contributed by atoms with Crippen LogP contribution in [0.5, 0.6) is 0 Å². The lowest BCUT2D eigenvalue weighted by molar-refractivity contribution is -0.137. The van der Waals surface area contributed by atoms with Crippen LogP contribution in [-0.4, -0.2) is 12.5 Å². The van der Waals surface area contributed by atoms with Gasteiger partial charge >= 0.3 is 6.18 Å². The quantitative estimate of drug-likeness (QED) is 0.828. The van der Waals surface area contributed by atoms with Crippen molar-refractivity contribution < 1.29 is 18.0 Å². The number of anilines is 2. The lowest BCUT2D eigenvalue weighted by atomic mass is 10.2. The van der Waals surface area contributed by atoms with Crippen molar-refractivity contribution in [1.29, 1.82) is 0 Å². The molecule has 0 unspecified atom stereocenters. The SMILES string of the molecule is O=C(CNc1cccc(C(F)(F)F)c1)Nc1ccc(Br)cc1. The van der Waals surface area contributed by atoms with Crippen LogP contribution in [0.1, 0.15) is 5.56 Å². The number of benzene rings is 2. The second-order valence-electron chi connectivity index (χ2n) is 4.49. The molecule has 0 fully saturated rings. The second-order valence-corrected chi connectivity index (χ2v) is 5.40. The molecule has 0 aliphatic carbocycles. The smallest absolute Gasteiger partial charge is 0.376 e. The molecule has 0 bridgehead atoms. The van der Waals surface area contributed by atoms with Crippen LogP contribution < -0.4 is 10.6 Å². The van der Waals surface area contributed by atoms with Gasteiger partial charge in [-0.3, -0.25) is 4.79 Å². The van der Waals surface area contributed by atoms with Gasteiger partial charge in [-0.25, -0.2) is 0 Å². The molecule has 2 rings (SSSR count). The molecule has 0 aliphatic rings. The Balaban J connectivity index is 1.92. The Labute approximate surface area is 133 Å². The van der Waals surface area contributed by atoms with Crippen LogP contribution in [0, 0.1) is 0 Å². The summed E-state index contributed by atoms with van der Waals surface area (Å²) in [5.41, 5.74) is 0.0886. The molecule has 0 aromatic heterocycles. The van der Waals surface area contributed by atoms with Crippen LogP contribution in [-0.2, 0) is 11.0 Å². The highest BCUT2D eigenvalue weighted by atomic mass is 79.9. The first-order valence-corrected chi connectivity index (χ1v) is 7.10. The average molecular weight is 373 g/mol. The summed E-state index contributed by atoms with van der Waals surface area (Å²) in [6, 6.07) is 11.7. The maximum Gasteiger partial charge on any atom is 0.416 e. The number of hydrogen-bond donors (Lipinski definition) is 2. The third-order valence-corrected chi connectivity index (χ3v) is 3.30. The minimum absolute atomic E-state index is 0.128. The van der Waals surface area contributed by atoms with Crippen molar-refractivity contribution in [1.82, 2.24) is 0 Å². The van der Waals surface area contributed by atoms with Crippen molar-refractivity contribution in [3.63, 3.8) is 0 Å². The zero-order valence-corrected chi connectivity index (χ0v) is 12.8. The van der Waals surface area contributed by atoms with Gasteiger partial charge < -0.3 is 10.6 Å². The average Bonchev–Trinajstić information content (AvgIpc) is 2.47. The van der Waals surface area contributed by atoms with Crippen molar-refractivity contribution in [2.24, 2.45) is 0 Å². The van der Waals surface area contributed by atoms with Gasteiger partial charge in [0.1, 0.15) is 0 Å². The van der Waals surface area contributed by atoms with Gasteiger partial charge in [-0.15, -0.1) is 0 Å². The van der Waals surface area contributed by atoms with Crippen LogP contribution in [0.3, 0.4) is 0 Å². The van der Waals surface area contributed by atoms with Gasteiger partial charge in [0, 0.05) is 15.8 Å².